The van der Waals surface area contributed by atoms with Crippen molar-refractivity contribution in [1.29, 1.82) is 0 Å². The number of rotatable bonds is 4. The molecular formula is C27H31FN2O2. The third-order valence-corrected chi connectivity index (χ3v) is 6.22. The zero-order valence-electron chi connectivity index (χ0n) is 19.4. The molecule has 0 fully saturated rings. The van der Waals surface area contributed by atoms with Crippen LogP contribution in [-0.4, -0.2) is 33.5 Å². The smallest absolute Gasteiger partial charge is 0.328 e. The highest BCUT2D eigenvalue weighted by Crippen LogP contribution is 2.43. The predicted octanol–water partition coefficient (Wildman–Crippen LogP) is 6.10. The lowest BCUT2D eigenvalue weighted by Crippen LogP contribution is -2.46. The van der Waals surface area contributed by atoms with Crippen LogP contribution in [0.15, 0.2) is 42.5 Å². The number of benzene rings is 2. The number of aromatic amines is 1. The Balaban J connectivity index is 1.92. The van der Waals surface area contributed by atoms with Gasteiger partial charge in [-0.3, -0.25) is 4.90 Å². The minimum atomic E-state index is -1.05. The normalized spacial score (nSPS) is 19.6. The summed E-state index contributed by atoms with van der Waals surface area (Å²) in [4.78, 5) is 16.9. The quantitative estimate of drug-likeness (QED) is 0.488. The topological polar surface area (TPSA) is 56.3 Å². The minimum Gasteiger partial charge on any atom is -0.478 e. The Morgan fingerprint density at radius 3 is 2.66 bits per heavy atom. The van der Waals surface area contributed by atoms with E-state index in [4.69, 9.17) is 5.11 Å². The van der Waals surface area contributed by atoms with Crippen LogP contribution in [0.5, 0.6) is 0 Å². The molecule has 2 aromatic carbocycles. The fourth-order valence-electron chi connectivity index (χ4n) is 5.00. The molecule has 4 rings (SSSR count). The van der Waals surface area contributed by atoms with Gasteiger partial charge in [-0.25, -0.2) is 9.18 Å². The summed E-state index contributed by atoms with van der Waals surface area (Å²) < 4.78 is 15.7. The first-order valence-corrected chi connectivity index (χ1v) is 11.1. The van der Waals surface area contributed by atoms with E-state index in [1.807, 2.05) is 25.1 Å². The van der Waals surface area contributed by atoms with Crippen molar-refractivity contribution < 1.29 is 14.3 Å². The van der Waals surface area contributed by atoms with E-state index in [2.05, 4.69) is 49.7 Å². The maximum Gasteiger partial charge on any atom is 0.328 e. The summed E-state index contributed by atoms with van der Waals surface area (Å²) in [6, 6.07) is 11.6. The van der Waals surface area contributed by atoms with Gasteiger partial charge >= 0.3 is 5.97 Å². The first-order chi connectivity index (χ1) is 15.0. The molecule has 3 aromatic rings. The fraction of sp³-hybridized carbons (Fsp3) is 0.370. The van der Waals surface area contributed by atoms with E-state index in [0.717, 1.165) is 35.8 Å². The molecule has 32 heavy (non-hydrogen) atoms. The molecule has 5 heteroatoms. The van der Waals surface area contributed by atoms with E-state index >= 15 is 4.39 Å². The average molecular weight is 435 g/mol. The van der Waals surface area contributed by atoms with Gasteiger partial charge in [-0.1, -0.05) is 45.0 Å². The summed E-state index contributed by atoms with van der Waals surface area (Å²) in [6.45, 7) is 11.6. The van der Waals surface area contributed by atoms with Gasteiger partial charge in [-0.05, 0) is 60.6 Å². The predicted molar refractivity (Wildman–Crippen MR) is 127 cm³/mol. The third-order valence-electron chi connectivity index (χ3n) is 6.22. The van der Waals surface area contributed by atoms with E-state index in [1.165, 1.54) is 23.1 Å². The van der Waals surface area contributed by atoms with Gasteiger partial charge in [0.1, 0.15) is 5.82 Å². The van der Waals surface area contributed by atoms with Crippen LogP contribution in [0, 0.1) is 18.2 Å². The number of nitrogens with one attached hydrogen (secondary N) is 1. The Hall–Kier alpha value is -2.92. The van der Waals surface area contributed by atoms with Gasteiger partial charge in [-0.2, -0.15) is 0 Å². The third kappa shape index (κ3) is 4.22. The highest BCUT2D eigenvalue weighted by Gasteiger charge is 2.39. The summed E-state index contributed by atoms with van der Waals surface area (Å²) in [6.07, 6.45) is 3.39. The molecule has 2 N–H and O–H groups in total. The van der Waals surface area contributed by atoms with Gasteiger partial charge < -0.3 is 10.1 Å². The van der Waals surface area contributed by atoms with Crippen molar-refractivity contribution in [2.24, 2.45) is 5.41 Å². The second-order valence-corrected chi connectivity index (χ2v) is 10.2. The number of H-pyrrole nitrogens is 1. The Morgan fingerprint density at radius 1 is 1.28 bits per heavy atom. The zero-order valence-corrected chi connectivity index (χ0v) is 19.4. The highest BCUT2D eigenvalue weighted by atomic mass is 19.1. The van der Waals surface area contributed by atoms with Crippen LogP contribution < -0.4 is 0 Å². The van der Waals surface area contributed by atoms with Crippen molar-refractivity contribution in [3.05, 3.63) is 76.2 Å². The summed E-state index contributed by atoms with van der Waals surface area (Å²) >= 11 is 0. The zero-order chi connectivity index (χ0) is 23.2. The van der Waals surface area contributed by atoms with Crippen molar-refractivity contribution in [2.45, 2.75) is 53.1 Å². The van der Waals surface area contributed by atoms with Crippen molar-refractivity contribution >= 4 is 22.9 Å². The maximum atomic E-state index is 15.7. The first-order valence-electron chi connectivity index (χ1n) is 11.1. The van der Waals surface area contributed by atoms with Gasteiger partial charge in [0, 0.05) is 40.8 Å². The fourth-order valence-corrected chi connectivity index (χ4v) is 5.00. The summed E-state index contributed by atoms with van der Waals surface area (Å²) in [7, 11) is 0. The summed E-state index contributed by atoms with van der Waals surface area (Å²) in [5.41, 5.74) is 5.46. The number of hydrogen-bond donors (Lipinski definition) is 2. The first kappa shape index (κ1) is 22.3. The molecule has 0 aliphatic carbocycles. The van der Waals surface area contributed by atoms with Crippen molar-refractivity contribution in [2.75, 3.05) is 6.54 Å². The number of para-hydroxylation sites is 1. The molecule has 2 heterocycles. The number of aryl methyl sites for hydroxylation is 1. The molecule has 0 saturated heterocycles. The number of aromatic nitrogens is 1. The van der Waals surface area contributed by atoms with Gasteiger partial charge in [0.25, 0.3) is 0 Å². The standard InChI is InChI=1S/C27H31FN2O2/c1-16-12-18(10-11-23(31)32)14-21(28)24(16)26-25-20(19-8-6-7-9-22(19)29-25)13-17(2)30(26)15-27(3,4)5/h6-12,14,17,26,29H,13,15H2,1-5H3,(H,31,32)/b11-10+. The number of halogens is 1. The number of fused-ring (bicyclic) bond motifs is 3. The molecule has 0 spiro atoms. The number of carbonyl (C=O) groups is 1. The molecule has 0 bridgehead atoms. The van der Waals surface area contributed by atoms with E-state index in [-0.39, 0.29) is 23.3 Å². The minimum absolute atomic E-state index is 0.0462. The van der Waals surface area contributed by atoms with Crippen molar-refractivity contribution in [3.63, 3.8) is 0 Å². The number of carboxylic acid groups (broad SMARTS) is 1. The maximum absolute atomic E-state index is 15.7. The van der Waals surface area contributed by atoms with Crippen LogP contribution in [0.2, 0.25) is 0 Å². The van der Waals surface area contributed by atoms with E-state index in [0.29, 0.717) is 11.1 Å². The summed E-state index contributed by atoms with van der Waals surface area (Å²) in [5, 5.41) is 10.1. The molecule has 0 radical (unpaired) electrons. The molecule has 1 aromatic heterocycles. The van der Waals surface area contributed by atoms with Crippen LogP contribution in [0.25, 0.3) is 17.0 Å². The van der Waals surface area contributed by atoms with E-state index in [1.54, 1.807) is 0 Å². The SMILES string of the molecule is Cc1cc(/C=C/C(=O)O)cc(F)c1C1c2[nH]c3ccccc3c2CC(C)N1CC(C)(C)C. The second kappa shape index (κ2) is 8.21. The van der Waals surface area contributed by atoms with Gasteiger partial charge in [-0.15, -0.1) is 0 Å². The molecule has 168 valence electrons. The van der Waals surface area contributed by atoms with Gasteiger partial charge in [0.05, 0.1) is 6.04 Å². The van der Waals surface area contributed by atoms with Crippen molar-refractivity contribution in [3.8, 4) is 0 Å². The monoisotopic (exact) mass is 434 g/mol. The van der Waals surface area contributed by atoms with Crippen LogP contribution in [0.4, 0.5) is 4.39 Å². The van der Waals surface area contributed by atoms with E-state index in [9.17, 15) is 4.79 Å². The second-order valence-electron chi connectivity index (χ2n) is 10.2. The molecule has 2 unspecified atom stereocenters. The van der Waals surface area contributed by atoms with Crippen molar-refractivity contribution in [1.82, 2.24) is 9.88 Å². The lowest BCUT2D eigenvalue weighted by atomic mass is 9.84. The van der Waals surface area contributed by atoms with Gasteiger partial charge in [0.2, 0.25) is 0 Å². The Labute approximate surface area is 188 Å². The molecule has 1 aliphatic rings. The molecule has 4 nitrogen and oxygen atoms in total. The average Bonchev–Trinajstić information content (AvgIpc) is 3.05. The van der Waals surface area contributed by atoms with Crippen LogP contribution in [-0.2, 0) is 11.2 Å². The lowest BCUT2D eigenvalue weighted by molar-refractivity contribution is -0.131. The molecular weight excluding hydrogens is 403 g/mol. The van der Waals surface area contributed by atoms with Gasteiger partial charge in [0.15, 0.2) is 0 Å². The largest absolute Gasteiger partial charge is 0.478 e. The summed E-state index contributed by atoms with van der Waals surface area (Å²) in [5.74, 6) is -1.36. The lowest BCUT2D eigenvalue weighted by Gasteiger charge is -2.44. The Morgan fingerprint density at radius 2 is 2.00 bits per heavy atom. The molecule has 1 aliphatic heterocycles. The highest BCUT2D eigenvalue weighted by molar-refractivity contribution is 5.86. The van der Waals surface area contributed by atoms with Crippen LogP contribution in [0.3, 0.4) is 0 Å². The number of carboxylic acids is 1. The number of aliphatic carboxylic acids is 1. The molecule has 0 amide bonds. The molecule has 2 atom stereocenters. The molecule has 0 saturated carbocycles. The number of nitrogens with zero attached hydrogens (tertiary/aromatic N) is 1. The Bertz CT molecular complexity index is 1180. The Kier molecular flexibility index (Phi) is 5.72. The van der Waals surface area contributed by atoms with E-state index < -0.39 is 5.97 Å². The number of hydrogen-bond acceptors (Lipinski definition) is 2. The van der Waals surface area contributed by atoms with Crippen LogP contribution >= 0.6 is 0 Å². The van der Waals surface area contributed by atoms with Crippen LogP contribution in [0.1, 0.15) is 61.7 Å².